The first-order valence-corrected chi connectivity index (χ1v) is 27.0. The summed E-state index contributed by atoms with van der Waals surface area (Å²) < 4.78 is 1.53. The first-order valence-electron chi connectivity index (χ1n) is 26.6. The molecular weight excluding hydrogens is 996 g/mol. The Morgan fingerprint density at radius 1 is 0.896 bits per heavy atom. The Morgan fingerprint density at radius 2 is 1.65 bits per heavy atom. The lowest BCUT2D eigenvalue weighted by atomic mass is 9.95. The maximum atomic E-state index is 13.7. The van der Waals surface area contributed by atoms with Gasteiger partial charge in [0.25, 0.3) is 5.91 Å². The number of rotatable bonds is 16. The molecule has 4 aromatic carbocycles. The van der Waals surface area contributed by atoms with Crippen molar-refractivity contribution in [3.63, 3.8) is 0 Å². The number of nitrogens with zero attached hydrogens (tertiary/aromatic N) is 12. The van der Waals surface area contributed by atoms with Gasteiger partial charge >= 0.3 is 0 Å². The number of aromatic nitrogens is 5. The summed E-state index contributed by atoms with van der Waals surface area (Å²) in [7, 11) is 0. The van der Waals surface area contributed by atoms with Crippen LogP contribution in [0.25, 0.3) is 27.8 Å². The highest BCUT2D eigenvalue weighted by Gasteiger charge is 2.34. The number of fused-ring (bicyclic) bond motifs is 2. The number of phenols is 2. The zero-order valence-corrected chi connectivity index (χ0v) is 44.2. The van der Waals surface area contributed by atoms with Crippen molar-refractivity contribution in [3.8, 4) is 34.6 Å². The normalized spacial score (nSPS) is 17.5. The molecular formula is C57H65ClN14O5. The van der Waals surface area contributed by atoms with Crippen molar-refractivity contribution in [1.82, 2.24) is 44.3 Å². The van der Waals surface area contributed by atoms with Crippen molar-refractivity contribution in [2.24, 2.45) is 11.7 Å². The van der Waals surface area contributed by atoms with Crippen LogP contribution in [0.5, 0.6) is 11.5 Å². The van der Waals surface area contributed by atoms with Gasteiger partial charge in [0.2, 0.25) is 23.6 Å². The number of phenolic OH excluding ortho intramolecular Hbond substituents is 2. The highest BCUT2D eigenvalue weighted by atomic mass is 35.5. The van der Waals surface area contributed by atoms with Gasteiger partial charge < -0.3 is 45.8 Å². The van der Waals surface area contributed by atoms with E-state index < -0.39 is 5.91 Å². The number of hydrogen-bond acceptors (Lipinski definition) is 15. The molecule has 77 heavy (non-hydrogen) atoms. The van der Waals surface area contributed by atoms with Crippen molar-refractivity contribution >= 4 is 57.5 Å². The number of primary amides is 1. The van der Waals surface area contributed by atoms with Gasteiger partial charge in [0.1, 0.15) is 17.3 Å². The van der Waals surface area contributed by atoms with E-state index in [1.54, 1.807) is 11.0 Å². The summed E-state index contributed by atoms with van der Waals surface area (Å²) >= 11 is 6.79. The first-order chi connectivity index (χ1) is 37.4. The van der Waals surface area contributed by atoms with Crippen LogP contribution in [-0.4, -0.2) is 157 Å². The van der Waals surface area contributed by atoms with Gasteiger partial charge in [-0.2, -0.15) is 10.2 Å². The fourth-order valence-corrected chi connectivity index (χ4v) is 11.8. The second-order valence-electron chi connectivity index (χ2n) is 20.4. The molecule has 0 radical (unpaired) electrons. The van der Waals surface area contributed by atoms with Crippen LogP contribution in [0.15, 0.2) is 85.5 Å². The molecule has 0 saturated carbocycles. The SMILES string of the molecule is C=CC(=O)N1CCN(c2nc(NCCC(=O)N3CCC(CN4CCN(Cc5ccc(-n6c(C(N)=O)nnc6-c6cc(CC)c(O)cc6O)cc5)CC4)CC3)nc3c2CCN(c2cccc4cccc(Cl)c24)C3)CC1CC#N. The summed E-state index contributed by atoms with van der Waals surface area (Å²) in [5.41, 5.74) is 11.4. The maximum absolute atomic E-state index is 13.7. The molecule has 0 spiro atoms. The summed E-state index contributed by atoms with van der Waals surface area (Å²) in [5, 5.41) is 45.2. The van der Waals surface area contributed by atoms with Crippen LogP contribution in [-0.2, 0) is 35.5 Å². The molecule has 19 nitrogen and oxygen atoms in total. The van der Waals surface area contributed by atoms with Crippen LogP contribution < -0.4 is 20.9 Å². The summed E-state index contributed by atoms with van der Waals surface area (Å²) in [6.45, 7) is 15.6. The quantitative estimate of drug-likeness (QED) is 0.0798. The van der Waals surface area contributed by atoms with Gasteiger partial charge in [-0.25, -0.2) is 4.98 Å². The van der Waals surface area contributed by atoms with E-state index in [4.69, 9.17) is 27.3 Å². The molecule has 3 amide bonds. The van der Waals surface area contributed by atoms with E-state index in [1.165, 1.54) is 16.7 Å². The highest BCUT2D eigenvalue weighted by molar-refractivity contribution is 6.36. The number of nitrogens with two attached hydrogens (primary N) is 1. The van der Waals surface area contributed by atoms with Gasteiger partial charge in [0.05, 0.1) is 41.4 Å². The van der Waals surface area contributed by atoms with E-state index in [-0.39, 0.29) is 47.4 Å². The maximum Gasteiger partial charge on any atom is 0.287 e. The summed E-state index contributed by atoms with van der Waals surface area (Å²) in [4.78, 5) is 62.3. The van der Waals surface area contributed by atoms with Gasteiger partial charge in [-0.15, -0.1) is 10.2 Å². The van der Waals surface area contributed by atoms with Gasteiger partial charge in [0.15, 0.2) is 5.82 Å². The van der Waals surface area contributed by atoms with Crippen molar-refractivity contribution < 1.29 is 24.6 Å². The Kier molecular flexibility index (Phi) is 15.9. The van der Waals surface area contributed by atoms with Crippen LogP contribution in [0.4, 0.5) is 17.5 Å². The molecule has 20 heteroatoms. The van der Waals surface area contributed by atoms with E-state index in [9.17, 15) is 29.9 Å². The van der Waals surface area contributed by atoms with Gasteiger partial charge in [-0.05, 0) is 84.5 Å². The average molecular weight is 1060 g/mol. The van der Waals surface area contributed by atoms with Crippen LogP contribution in [0.3, 0.4) is 0 Å². The molecule has 6 aromatic rings. The minimum Gasteiger partial charge on any atom is -0.508 e. The average Bonchev–Trinajstić information content (AvgIpc) is 3.98. The number of nitriles is 1. The number of benzene rings is 4. The fraction of sp³-hybridized carbons (Fsp3) is 0.404. The number of halogens is 1. The van der Waals surface area contributed by atoms with E-state index in [1.807, 2.05) is 48.2 Å². The number of carbonyl (C=O) groups is 3. The minimum atomic E-state index is -0.755. The van der Waals surface area contributed by atoms with Crippen LogP contribution in [0.2, 0.25) is 5.02 Å². The van der Waals surface area contributed by atoms with E-state index >= 15 is 0 Å². The van der Waals surface area contributed by atoms with Gasteiger partial charge in [0, 0.05) is 120 Å². The Balaban J connectivity index is 0.720. The monoisotopic (exact) mass is 1060 g/mol. The topological polar surface area (TPSA) is 229 Å². The number of carbonyl (C=O) groups excluding carboxylic acids is 3. The number of hydrogen-bond donors (Lipinski definition) is 4. The largest absolute Gasteiger partial charge is 0.508 e. The van der Waals surface area contributed by atoms with Crippen LogP contribution >= 0.6 is 11.6 Å². The standard InChI is InChI=1S/C57H65ClN14O5/c1-3-39-31-44(49(74)32-48(39)73)55-64-65-56(53(60)77)72(55)41-13-11-37(12-14-41)33-66-25-27-67(28-26-66)34-38-17-22-68(23-18-38)51(76)16-21-61-57-62-46-36-69(47-10-6-8-40-7-5-9-45(58)52(40)47)24-19-43(46)54(63-57)70-29-30-71(50(75)4-2)42(35-70)15-20-59/h4-14,31-32,38,42,73-74H,2-3,15-19,21-30,33-36H2,1H3,(H2,60,77)(H,61,62,63). The Morgan fingerprint density at radius 3 is 2.38 bits per heavy atom. The van der Waals surface area contributed by atoms with E-state index in [0.717, 1.165) is 111 Å². The van der Waals surface area contributed by atoms with E-state index in [0.29, 0.717) is 85.7 Å². The van der Waals surface area contributed by atoms with E-state index in [2.05, 4.69) is 72.0 Å². The number of anilines is 3. The Labute approximate surface area is 453 Å². The third-order valence-electron chi connectivity index (χ3n) is 15.7. The fourth-order valence-electron chi connectivity index (χ4n) is 11.5. The number of likely N-dealkylation sites (tertiary alicyclic amines) is 1. The molecule has 0 bridgehead atoms. The summed E-state index contributed by atoms with van der Waals surface area (Å²) in [6.07, 6.45) is 4.94. The zero-order chi connectivity index (χ0) is 53.7. The van der Waals surface area contributed by atoms with Crippen LogP contribution in [0.1, 0.15) is 65.6 Å². The summed E-state index contributed by atoms with van der Waals surface area (Å²) in [6, 6.07) is 24.9. The number of piperazine rings is 2. The van der Waals surface area contributed by atoms with Crippen molar-refractivity contribution in [3.05, 3.63) is 119 Å². The predicted molar refractivity (Wildman–Crippen MR) is 296 cm³/mol. The number of amides is 3. The smallest absolute Gasteiger partial charge is 0.287 e. The first kappa shape index (κ1) is 52.6. The molecule has 3 fully saturated rings. The second-order valence-corrected chi connectivity index (χ2v) is 20.8. The Bertz CT molecular complexity index is 3210. The lowest BCUT2D eigenvalue weighted by Crippen LogP contribution is -2.55. The van der Waals surface area contributed by atoms with Crippen LogP contribution in [0, 0.1) is 17.2 Å². The second kappa shape index (κ2) is 23.2. The molecule has 4 aliphatic heterocycles. The Hall–Kier alpha value is -7.79. The molecule has 3 saturated heterocycles. The molecule has 5 N–H and O–H groups in total. The number of nitrogens with one attached hydrogen (secondary N) is 1. The molecule has 2 aromatic heterocycles. The lowest BCUT2D eigenvalue weighted by molar-refractivity contribution is -0.132. The summed E-state index contributed by atoms with van der Waals surface area (Å²) in [5.74, 6) is 0.886. The molecule has 0 aliphatic carbocycles. The number of aromatic hydroxyl groups is 2. The highest BCUT2D eigenvalue weighted by Crippen LogP contribution is 2.39. The zero-order valence-electron chi connectivity index (χ0n) is 43.5. The number of piperidine rings is 1. The van der Waals surface area contributed by atoms with Crippen molar-refractivity contribution in [1.29, 1.82) is 5.26 Å². The third kappa shape index (κ3) is 11.4. The van der Waals surface area contributed by atoms with Gasteiger partial charge in [-0.1, -0.05) is 61.5 Å². The molecule has 400 valence electrons. The minimum absolute atomic E-state index is 0.0233. The third-order valence-corrected chi connectivity index (χ3v) is 16.0. The molecule has 1 atom stereocenters. The van der Waals surface area contributed by atoms with Crippen molar-refractivity contribution in [2.45, 2.75) is 64.6 Å². The van der Waals surface area contributed by atoms with Gasteiger partial charge in [-0.3, -0.25) is 23.9 Å². The van der Waals surface area contributed by atoms with Crippen molar-refractivity contribution in [2.75, 3.05) is 93.7 Å². The molecule has 1 unspecified atom stereocenters. The molecule has 10 rings (SSSR count). The molecule has 4 aliphatic rings. The molecule has 6 heterocycles. The lowest BCUT2D eigenvalue weighted by Gasteiger charge is -2.42. The predicted octanol–water partition coefficient (Wildman–Crippen LogP) is 6.14. The number of aryl methyl sites for hydroxylation is 1.